The first kappa shape index (κ1) is 21.1. The normalized spacial score (nSPS) is 17.7. The third kappa shape index (κ3) is 4.02. The first-order chi connectivity index (χ1) is 15.6. The summed E-state index contributed by atoms with van der Waals surface area (Å²) in [6, 6.07) is 3.80. The molecule has 0 unspecified atom stereocenters. The van der Waals surface area contributed by atoms with Crippen molar-refractivity contribution in [2.75, 3.05) is 54.5 Å². The zero-order valence-corrected chi connectivity index (χ0v) is 19.3. The summed E-state index contributed by atoms with van der Waals surface area (Å²) >= 11 is 1.72. The lowest BCUT2D eigenvalue weighted by Crippen LogP contribution is -2.39. The van der Waals surface area contributed by atoms with E-state index in [2.05, 4.69) is 43.9 Å². The van der Waals surface area contributed by atoms with Crippen LogP contribution in [-0.4, -0.2) is 60.3 Å². The molecule has 0 aromatic carbocycles. The van der Waals surface area contributed by atoms with Gasteiger partial charge in [-0.1, -0.05) is 0 Å². The molecule has 2 aliphatic heterocycles. The van der Waals surface area contributed by atoms with Crippen molar-refractivity contribution in [3.8, 4) is 0 Å². The molecule has 1 N–H and O–H groups in total. The van der Waals surface area contributed by atoms with Crippen molar-refractivity contribution < 1.29 is 9.53 Å². The Kier molecular flexibility index (Phi) is 5.93. The van der Waals surface area contributed by atoms with Crippen LogP contribution in [0, 0.1) is 19.8 Å². The lowest BCUT2D eigenvalue weighted by Gasteiger charge is -2.33. The number of carbonyl (C=O) groups excluding carboxylic acids is 1. The Bertz CT molecular complexity index is 1120. The molecule has 3 aromatic rings. The number of pyridine rings is 1. The molecule has 3 aromatic heterocycles. The van der Waals surface area contributed by atoms with Crippen LogP contribution >= 0.6 is 11.3 Å². The molecule has 8 nitrogen and oxygen atoms in total. The van der Waals surface area contributed by atoms with E-state index in [9.17, 15) is 4.79 Å². The van der Waals surface area contributed by atoms with Crippen molar-refractivity contribution in [2.24, 2.45) is 5.92 Å². The van der Waals surface area contributed by atoms with E-state index in [1.165, 1.54) is 10.4 Å². The van der Waals surface area contributed by atoms with Crippen molar-refractivity contribution in [3.63, 3.8) is 0 Å². The van der Waals surface area contributed by atoms with Gasteiger partial charge in [0.25, 0.3) is 0 Å². The number of rotatable bonds is 4. The second kappa shape index (κ2) is 8.99. The summed E-state index contributed by atoms with van der Waals surface area (Å²) < 4.78 is 5.45. The first-order valence-corrected chi connectivity index (χ1v) is 12.0. The smallest absolute Gasteiger partial charge is 0.227 e. The monoisotopic (exact) mass is 452 g/mol. The van der Waals surface area contributed by atoms with Crippen LogP contribution in [0.5, 0.6) is 0 Å². The summed E-state index contributed by atoms with van der Waals surface area (Å²) in [5, 5.41) is 4.30. The van der Waals surface area contributed by atoms with Gasteiger partial charge in [0.05, 0.1) is 24.3 Å². The van der Waals surface area contributed by atoms with Crippen LogP contribution in [0.1, 0.15) is 23.3 Å². The van der Waals surface area contributed by atoms with Gasteiger partial charge in [0.15, 0.2) is 5.82 Å². The topological polar surface area (TPSA) is 83.5 Å². The number of aryl methyl sites for hydroxylation is 2. The third-order valence-corrected chi connectivity index (χ3v) is 7.58. The largest absolute Gasteiger partial charge is 0.378 e. The van der Waals surface area contributed by atoms with Crippen LogP contribution in [0.2, 0.25) is 0 Å². The van der Waals surface area contributed by atoms with Crippen LogP contribution in [0.3, 0.4) is 0 Å². The highest BCUT2D eigenvalue weighted by molar-refractivity contribution is 7.18. The maximum atomic E-state index is 13.1. The van der Waals surface area contributed by atoms with Crippen molar-refractivity contribution in [1.82, 2.24) is 15.0 Å². The molecule has 9 heteroatoms. The summed E-state index contributed by atoms with van der Waals surface area (Å²) in [6.07, 6.45) is 5.02. The maximum absolute atomic E-state index is 13.1. The molecule has 5 rings (SSSR count). The Morgan fingerprint density at radius 1 is 1.06 bits per heavy atom. The fourth-order valence-electron chi connectivity index (χ4n) is 4.51. The minimum atomic E-state index is -0.0216. The van der Waals surface area contributed by atoms with Crippen LogP contribution in [-0.2, 0) is 9.53 Å². The van der Waals surface area contributed by atoms with Crippen LogP contribution in [0.15, 0.2) is 24.7 Å². The molecular weight excluding hydrogens is 424 g/mol. The summed E-state index contributed by atoms with van der Waals surface area (Å²) in [5.74, 6) is 1.88. The van der Waals surface area contributed by atoms with Gasteiger partial charge in [-0.25, -0.2) is 15.0 Å². The van der Waals surface area contributed by atoms with Gasteiger partial charge in [-0.2, -0.15) is 0 Å². The molecule has 32 heavy (non-hydrogen) atoms. The fourth-order valence-corrected chi connectivity index (χ4v) is 5.51. The standard InChI is InChI=1S/C23H28N6O2S/c1-15-16(2)32-23-19(15)21(25-14-26-23)28-8-5-17(6-9-28)22(30)27-18-4-3-7-24-20(18)29-10-12-31-13-11-29/h3-4,7,14,17H,5-6,8-13H2,1-2H3,(H,27,30). The molecule has 0 bridgehead atoms. The van der Waals surface area contributed by atoms with E-state index < -0.39 is 0 Å². The van der Waals surface area contributed by atoms with E-state index >= 15 is 0 Å². The number of carbonyl (C=O) groups is 1. The van der Waals surface area contributed by atoms with E-state index in [0.29, 0.717) is 13.2 Å². The predicted octanol–water partition coefficient (Wildman–Crippen LogP) is 3.39. The molecular formula is C23H28N6O2S. The molecule has 2 saturated heterocycles. The average Bonchev–Trinajstić information content (AvgIpc) is 3.13. The van der Waals surface area contributed by atoms with Gasteiger partial charge in [-0.3, -0.25) is 4.79 Å². The first-order valence-electron chi connectivity index (χ1n) is 11.2. The van der Waals surface area contributed by atoms with Gasteiger partial charge in [0, 0.05) is 43.2 Å². The Morgan fingerprint density at radius 2 is 1.81 bits per heavy atom. The summed E-state index contributed by atoms with van der Waals surface area (Å²) in [5.41, 5.74) is 2.04. The number of piperidine rings is 1. The number of morpholine rings is 1. The lowest BCUT2D eigenvalue weighted by molar-refractivity contribution is -0.120. The Labute approximate surface area is 191 Å². The van der Waals surface area contributed by atoms with Gasteiger partial charge in [-0.05, 0) is 44.4 Å². The number of ether oxygens (including phenoxy) is 1. The van der Waals surface area contributed by atoms with E-state index in [1.54, 1.807) is 23.9 Å². The highest BCUT2D eigenvalue weighted by atomic mass is 32.1. The molecule has 168 valence electrons. The number of hydrogen-bond acceptors (Lipinski definition) is 8. The molecule has 2 aliphatic rings. The minimum absolute atomic E-state index is 0.0216. The van der Waals surface area contributed by atoms with Gasteiger partial charge in [0.2, 0.25) is 5.91 Å². The summed E-state index contributed by atoms with van der Waals surface area (Å²) in [4.78, 5) is 33.5. The van der Waals surface area contributed by atoms with E-state index in [0.717, 1.165) is 66.6 Å². The fraction of sp³-hybridized carbons (Fsp3) is 0.478. The highest BCUT2D eigenvalue weighted by Gasteiger charge is 2.28. The van der Waals surface area contributed by atoms with Gasteiger partial charge >= 0.3 is 0 Å². The number of anilines is 3. The zero-order chi connectivity index (χ0) is 22.1. The second-order valence-corrected chi connectivity index (χ2v) is 9.59. The molecule has 2 fully saturated rings. The number of hydrogen-bond donors (Lipinski definition) is 1. The number of nitrogens with zero attached hydrogens (tertiary/aromatic N) is 5. The van der Waals surface area contributed by atoms with Gasteiger partial charge in [-0.15, -0.1) is 11.3 Å². The van der Waals surface area contributed by atoms with E-state index in [4.69, 9.17) is 4.74 Å². The van der Waals surface area contributed by atoms with Crippen molar-refractivity contribution in [3.05, 3.63) is 35.1 Å². The third-order valence-electron chi connectivity index (χ3n) is 6.47. The van der Waals surface area contributed by atoms with Crippen LogP contribution in [0.4, 0.5) is 17.3 Å². The number of thiophene rings is 1. The van der Waals surface area contributed by atoms with Crippen LogP contribution < -0.4 is 15.1 Å². The second-order valence-electron chi connectivity index (χ2n) is 8.39. The van der Waals surface area contributed by atoms with Gasteiger partial charge < -0.3 is 19.9 Å². The van der Waals surface area contributed by atoms with E-state index in [-0.39, 0.29) is 11.8 Å². The number of amides is 1. The molecule has 5 heterocycles. The molecule has 1 amide bonds. The molecule has 0 atom stereocenters. The number of nitrogens with one attached hydrogen (secondary N) is 1. The zero-order valence-electron chi connectivity index (χ0n) is 18.5. The predicted molar refractivity (Wildman–Crippen MR) is 128 cm³/mol. The summed E-state index contributed by atoms with van der Waals surface area (Å²) in [6.45, 7) is 8.82. The highest BCUT2D eigenvalue weighted by Crippen LogP contribution is 2.36. The summed E-state index contributed by atoms with van der Waals surface area (Å²) in [7, 11) is 0. The molecule has 0 radical (unpaired) electrons. The quantitative estimate of drug-likeness (QED) is 0.650. The number of fused-ring (bicyclic) bond motifs is 1. The van der Waals surface area contributed by atoms with E-state index in [1.807, 2.05) is 12.1 Å². The van der Waals surface area contributed by atoms with Gasteiger partial charge in [0.1, 0.15) is 17.0 Å². The van der Waals surface area contributed by atoms with Crippen molar-refractivity contribution in [1.29, 1.82) is 0 Å². The minimum Gasteiger partial charge on any atom is -0.378 e. The maximum Gasteiger partial charge on any atom is 0.227 e. The molecule has 0 spiro atoms. The van der Waals surface area contributed by atoms with Crippen molar-refractivity contribution >= 4 is 44.8 Å². The Morgan fingerprint density at radius 3 is 2.59 bits per heavy atom. The Hall–Kier alpha value is -2.78. The van der Waals surface area contributed by atoms with Crippen molar-refractivity contribution in [2.45, 2.75) is 26.7 Å². The lowest BCUT2D eigenvalue weighted by atomic mass is 9.95. The average molecular weight is 453 g/mol. The molecule has 0 aliphatic carbocycles. The van der Waals surface area contributed by atoms with Crippen LogP contribution in [0.25, 0.3) is 10.2 Å². The molecule has 0 saturated carbocycles. The Balaban J connectivity index is 1.26. The number of aromatic nitrogens is 3. The SMILES string of the molecule is Cc1sc2ncnc(N3CCC(C(=O)Nc4cccnc4N4CCOCC4)CC3)c2c1C.